The molecule has 0 spiro atoms. The topological polar surface area (TPSA) is 32.1 Å². The van der Waals surface area contributed by atoms with Crippen LogP contribution in [0.15, 0.2) is 0 Å². The van der Waals surface area contributed by atoms with Gasteiger partial charge in [0.1, 0.15) is 0 Å². The van der Waals surface area contributed by atoms with Crippen molar-refractivity contribution in [2.24, 2.45) is 0 Å². The third-order valence-electron chi connectivity index (χ3n) is 2.91. The van der Waals surface area contributed by atoms with Crippen molar-refractivity contribution >= 4 is 5.91 Å². The summed E-state index contributed by atoms with van der Waals surface area (Å²) in [7, 11) is 0. The van der Waals surface area contributed by atoms with E-state index >= 15 is 0 Å². The Bertz CT molecular complexity index is 425. The highest BCUT2D eigenvalue weighted by Gasteiger charge is 2.57. The first-order valence-corrected chi connectivity index (χ1v) is 6.61. The number of carbonyl (C=O) groups excluding carboxylic acids is 1. The molecule has 1 fully saturated rings. The fourth-order valence-electron chi connectivity index (χ4n) is 1.49. The van der Waals surface area contributed by atoms with Crippen LogP contribution in [-0.4, -0.2) is 48.6 Å². The predicted octanol–water partition coefficient (Wildman–Crippen LogP) is 2.18. The standard InChI is InChI=1S/C13H17F5N2O/c1-2-3-4-5-6-10-7-20(10)8-11(21)19-9-12(14,15)13(16,17)18/h10H,2-4,7-9H2,1H3,(H,19,21). The number of hydrogen-bond acceptors (Lipinski definition) is 2. The van der Waals surface area contributed by atoms with E-state index in [2.05, 4.69) is 11.8 Å². The van der Waals surface area contributed by atoms with E-state index in [1.165, 1.54) is 0 Å². The third kappa shape index (κ3) is 5.87. The van der Waals surface area contributed by atoms with Gasteiger partial charge in [-0.2, -0.15) is 22.0 Å². The zero-order chi connectivity index (χ0) is 16.1. The highest BCUT2D eigenvalue weighted by Crippen LogP contribution is 2.34. The van der Waals surface area contributed by atoms with E-state index in [1.807, 2.05) is 6.92 Å². The summed E-state index contributed by atoms with van der Waals surface area (Å²) in [5.41, 5.74) is 0. The summed E-state index contributed by atoms with van der Waals surface area (Å²) in [4.78, 5) is 12.9. The number of hydrogen-bond donors (Lipinski definition) is 1. The van der Waals surface area contributed by atoms with Crippen molar-refractivity contribution in [1.82, 2.24) is 10.2 Å². The van der Waals surface area contributed by atoms with Gasteiger partial charge in [0, 0.05) is 13.0 Å². The van der Waals surface area contributed by atoms with Crippen molar-refractivity contribution in [2.75, 3.05) is 19.6 Å². The first kappa shape index (κ1) is 17.7. The van der Waals surface area contributed by atoms with Crippen molar-refractivity contribution < 1.29 is 26.7 Å². The Morgan fingerprint density at radius 2 is 2.00 bits per heavy atom. The molecule has 1 rings (SSSR count). The van der Waals surface area contributed by atoms with Crippen molar-refractivity contribution in [3.05, 3.63) is 0 Å². The number of carbonyl (C=O) groups is 1. The molecule has 0 aromatic heterocycles. The van der Waals surface area contributed by atoms with Gasteiger partial charge in [0.2, 0.25) is 5.91 Å². The van der Waals surface area contributed by atoms with E-state index in [0.717, 1.165) is 19.3 Å². The summed E-state index contributed by atoms with van der Waals surface area (Å²) >= 11 is 0. The van der Waals surface area contributed by atoms with E-state index in [-0.39, 0.29) is 12.6 Å². The van der Waals surface area contributed by atoms with Gasteiger partial charge >= 0.3 is 12.1 Å². The largest absolute Gasteiger partial charge is 0.455 e. The normalized spacial score (nSPS) is 21.4. The van der Waals surface area contributed by atoms with Crippen LogP contribution in [0.4, 0.5) is 22.0 Å². The Balaban J connectivity index is 2.26. The number of nitrogens with one attached hydrogen (secondary N) is 1. The van der Waals surface area contributed by atoms with Gasteiger partial charge in [-0.3, -0.25) is 9.69 Å². The Morgan fingerprint density at radius 1 is 1.33 bits per heavy atom. The van der Waals surface area contributed by atoms with Gasteiger partial charge in [0.15, 0.2) is 0 Å². The fraction of sp³-hybridized carbons (Fsp3) is 0.769. The molecule has 8 heteroatoms. The minimum Gasteiger partial charge on any atom is -0.349 e. The molecule has 1 aliphatic heterocycles. The minimum absolute atomic E-state index is 0.101. The summed E-state index contributed by atoms with van der Waals surface area (Å²) in [6, 6.07) is -0.101. The minimum atomic E-state index is -5.66. The Labute approximate surface area is 119 Å². The van der Waals surface area contributed by atoms with Crippen molar-refractivity contribution in [1.29, 1.82) is 0 Å². The van der Waals surface area contributed by atoms with Crippen LogP contribution in [0.2, 0.25) is 0 Å². The van der Waals surface area contributed by atoms with Crippen LogP contribution in [0, 0.1) is 11.8 Å². The SMILES string of the molecule is CCCCC#CC1CN1CC(=O)NCC(F)(F)C(F)(F)F. The summed E-state index contributed by atoms with van der Waals surface area (Å²) < 4.78 is 60.8. The zero-order valence-electron chi connectivity index (χ0n) is 11.6. The maximum atomic E-state index is 12.6. The Kier molecular flexibility index (Phi) is 5.96. The maximum Gasteiger partial charge on any atom is 0.455 e. The summed E-state index contributed by atoms with van der Waals surface area (Å²) in [6.07, 6.45) is -2.90. The number of nitrogens with zero attached hydrogens (tertiary/aromatic N) is 1. The Morgan fingerprint density at radius 3 is 2.57 bits per heavy atom. The van der Waals surface area contributed by atoms with E-state index in [4.69, 9.17) is 0 Å². The van der Waals surface area contributed by atoms with Gasteiger partial charge in [-0.25, -0.2) is 0 Å². The highest BCUT2D eigenvalue weighted by molar-refractivity contribution is 5.78. The molecule has 0 saturated carbocycles. The van der Waals surface area contributed by atoms with Crippen LogP contribution in [0.25, 0.3) is 0 Å². The number of halogens is 5. The lowest BCUT2D eigenvalue weighted by atomic mass is 10.2. The molecule has 3 nitrogen and oxygen atoms in total. The van der Waals surface area contributed by atoms with Gasteiger partial charge < -0.3 is 5.32 Å². The van der Waals surface area contributed by atoms with Crippen LogP contribution in [-0.2, 0) is 4.79 Å². The second-order valence-corrected chi connectivity index (χ2v) is 4.85. The van der Waals surface area contributed by atoms with Crippen molar-refractivity contribution in [3.63, 3.8) is 0 Å². The molecule has 21 heavy (non-hydrogen) atoms. The van der Waals surface area contributed by atoms with Crippen LogP contribution in [0.5, 0.6) is 0 Å². The lowest BCUT2D eigenvalue weighted by Crippen LogP contribution is -2.47. The Hall–Kier alpha value is -1.36. The third-order valence-corrected chi connectivity index (χ3v) is 2.91. The molecule has 0 aromatic rings. The van der Waals surface area contributed by atoms with Crippen LogP contribution < -0.4 is 5.32 Å². The smallest absolute Gasteiger partial charge is 0.349 e. The van der Waals surface area contributed by atoms with Crippen molar-refractivity contribution in [2.45, 2.75) is 44.3 Å². The lowest BCUT2D eigenvalue weighted by Gasteiger charge is -2.19. The average molecular weight is 312 g/mol. The molecular weight excluding hydrogens is 295 g/mol. The molecule has 120 valence electrons. The number of alkyl halides is 5. The first-order valence-electron chi connectivity index (χ1n) is 6.61. The molecule has 2 atom stereocenters. The molecule has 1 saturated heterocycles. The summed E-state index contributed by atoms with van der Waals surface area (Å²) in [5, 5.41) is 1.60. The van der Waals surface area contributed by atoms with E-state index in [0.29, 0.717) is 6.54 Å². The van der Waals surface area contributed by atoms with Crippen LogP contribution in [0.1, 0.15) is 26.2 Å². The van der Waals surface area contributed by atoms with Crippen LogP contribution >= 0.6 is 0 Å². The van der Waals surface area contributed by atoms with Crippen LogP contribution in [0.3, 0.4) is 0 Å². The molecule has 1 aliphatic rings. The molecule has 0 radical (unpaired) electrons. The molecule has 0 aliphatic carbocycles. The monoisotopic (exact) mass is 312 g/mol. The first-order chi connectivity index (χ1) is 9.67. The quantitative estimate of drug-likeness (QED) is 0.353. The van der Waals surface area contributed by atoms with Gasteiger partial charge in [0.05, 0.1) is 19.1 Å². The second kappa shape index (κ2) is 7.07. The zero-order valence-corrected chi connectivity index (χ0v) is 11.6. The number of unbranched alkanes of at least 4 members (excludes halogenated alkanes) is 2. The fourth-order valence-corrected chi connectivity index (χ4v) is 1.49. The van der Waals surface area contributed by atoms with E-state index < -0.39 is 24.6 Å². The van der Waals surface area contributed by atoms with Gasteiger partial charge in [-0.05, 0) is 6.42 Å². The average Bonchev–Trinajstić information content (AvgIpc) is 3.09. The number of rotatable bonds is 6. The highest BCUT2D eigenvalue weighted by atomic mass is 19.4. The molecule has 1 N–H and O–H groups in total. The van der Waals surface area contributed by atoms with E-state index in [9.17, 15) is 26.7 Å². The molecule has 0 bridgehead atoms. The van der Waals surface area contributed by atoms with E-state index in [1.54, 1.807) is 10.2 Å². The summed E-state index contributed by atoms with van der Waals surface area (Å²) in [6.45, 7) is 0.603. The lowest BCUT2D eigenvalue weighted by molar-refractivity contribution is -0.278. The summed E-state index contributed by atoms with van der Waals surface area (Å²) in [5.74, 6) is 0.0669. The number of amides is 1. The van der Waals surface area contributed by atoms with Crippen molar-refractivity contribution in [3.8, 4) is 11.8 Å². The maximum absolute atomic E-state index is 12.6. The van der Waals surface area contributed by atoms with Gasteiger partial charge in [0.25, 0.3) is 0 Å². The molecule has 1 heterocycles. The predicted molar refractivity (Wildman–Crippen MR) is 66.7 cm³/mol. The van der Waals surface area contributed by atoms with Gasteiger partial charge in [-0.1, -0.05) is 19.3 Å². The molecule has 2 unspecified atom stereocenters. The molecular formula is C13H17F5N2O. The molecule has 0 aromatic carbocycles. The van der Waals surface area contributed by atoms with Gasteiger partial charge in [-0.15, -0.1) is 5.92 Å². The molecule has 1 amide bonds. The second-order valence-electron chi connectivity index (χ2n) is 4.85.